The quantitative estimate of drug-likeness (QED) is 0.443. The average molecular weight is 453 g/mol. The highest BCUT2D eigenvalue weighted by Crippen LogP contribution is 2.40. The zero-order valence-electron chi connectivity index (χ0n) is 18.2. The first-order valence-electron chi connectivity index (χ1n) is 10.7. The zero-order valence-corrected chi connectivity index (χ0v) is 18.2. The molecule has 0 saturated heterocycles. The summed E-state index contributed by atoms with van der Waals surface area (Å²) in [5, 5.41) is 16.3. The number of aliphatic hydroxyl groups is 1. The first kappa shape index (κ1) is 21.2. The first-order valence-corrected chi connectivity index (χ1v) is 10.7. The van der Waals surface area contributed by atoms with Crippen LogP contribution >= 0.6 is 0 Å². The van der Waals surface area contributed by atoms with Gasteiger partial charge < -0.3 is 25.6 Å². The van der Waals surface area contributed by atoms with E-state index in [1.807, 2.05) is 6.92 Å². The molecular formula is C23H24FN5O4. The van der Waals surface area contributed by atoms with Crippen LogP contribution in [0.25, 0.3) is 21.9 Å². The Labute approximate surface area is 189 Å². The van der Waals surface area contributed by atoms with Gasteiger partial charge in [0, 0.05) is 48.3 Å². The highest BCUT2D eigenvalue weighted by atomic mass is 19.1. The molecule has 1 aliphatic heterocycles. The molecule has 0 spiro atoms. The molecule has 1 aromatic carbocycles. The summed E-state index contributed by atoms with van der Waals surface area (Å²) in [4.78, 5) is 20.8. The molecule has 0 unspecified atom stereocenters. The average Bonchev–Trinajstić information content (AvgIpc) is 2.76. The van der Waals surface area contributed by atoms with Gasteiger partial charge in [0.05, 0.1) is 11.8 Å². The number of fused-ring (bicyclic) bond motifs is 2. The summed E-state index contributed by atoms with van der Waals surface area (Å²) in [5.41, 5.74) is 7.76. The van der Waals surface area contributed by atoms with Crippen LogP contribution in [0.2, 0.25) is 0 Å². The molecule has 5 N–H and O–H groups in total. The van der Waals surface area contributed by atoms with Crippen LogP contribution in [0.5, 0.6) is 5.88 Å². The number of carbonyl (C=O) groups excluding carboxylic acids is 1. The molecule has 5 rings (SSSR count). The van der Waals surface area contributed by atoms with E-state index in [1.165, 1.54) is 6.20 Å². The topological polar surface area (TPSA) is 132 Å². The number of halogens is 1. The lowest BCUT2D eigenvalue weighted by molar-refractivity contribution is -0.101. The summed E-state index contributed by atoms with van der Waals surface area (Å²) in [5.74, 6) is 0.157. The van der Waals surface area contributed by atoms with Crippen molar-refractivity contribution in [3.8, 4) is 17.0 Å². The molecule has 9 nitrogen and oxygen atoms in total. The summed E-state index contributed by atoms with van der Waals surface area (Å²) >= 11 is 0. The number of rotatable bonds is 3. The molecule has 3 heterocycles. The van der Waals surface area contributed by atoms with Crippen molar-refractivity contribution in [3.63, 3.8) is 0 Å². The van der Waals surface area contributed by atoms with Gasteiger partial charge in [-0.15, -0.1) is 0 Å². The number of ether oxygens (including phenoxy) is 2. The van der Waals surface area contributed by atoms with E-state index in [1.54, 1.807) is 25.3 Å². The zero-order chi connectivity index (χ0) is 23.3. The van der Waals surface area contributed by atoms with Crippen molar-refractivity contribution in [2.45, 2.75) is 38.4 Å². The number of nitrogens with two attached hydrogens (primary N) is 1. The molecule has 0 radical (unpaired) electrons. The maximum absolute atomic E-state index is 15.3. The van der Waals surface area contributed by atoms with Crippen molar-refractivity contribution in [2.75, 3.05) is 29.5 Å². The molecule has 172 valence electrons. The van der Waals surface area contributed by atoms with Gasteiger partial charge in [-0.05, 0) is 36.9 Å². The van der Waals surface area contributed by atoms with Crippen LogP contribution in [-0.2, 0) is 4.74 Å². The van der Waals surface area contributed by atoms with Crippen LogP contribution in [-0.4, -0.2) is 46.0 Å². The van der Waals surface area contributed by atoms with Gasteiger partial charge in [0.1, 0.15) is 23.7 Å². The van der Waals surface area contributed by atoms with Gasteiger partial charge in [-0.1, -0.05) is 0 Å². The minimum atomic E-state index is -0.699. The minimum Gasteiger partial charge on any atom is -0.474 e. The summed E-state index contributed by atoms with van der Waals surface area (Å²) in [6, 6.07) is 3.26. The van der Waals surface area contributed by atoms with Gasteiger partial charge >= 0.3 is 6.09 Å². The summed E-state index contributed by atoms with van der Waals surface area (Å²) in [6.07, 6.45) is 2.62. The molecule has 1 saturated carbocycles. The number of nitrogens with one attached hydrogen (secondary N) is 2. The number of hydrogen-bond acceptors (Lipinski definition) is 8. The van der Waals surface area contributed by atoms with Crippen LogP contribution in [0.3, 0.4) is 0 Å². The van der Waals surface area contributed by atoms with Crippen LogP contribution in [0.1, 0.15) is 25.3 Å². The monoisotopic (exact) mass is 453 g/mol. The van der Waals surface area contributed by atoms with E-state index in [0.29, 0.717) is 48.2 Å². The number of aromatic nitrogens is 2. The Morgan fingerprint density at radius 3 is 2.88 bits per heavy atom. The Bertz CT molecular complexity index is 1280. The van der Waals surface area contributed by atoms with Crippen molar-refractivity contribution in [3.05, 3.63) is 35.9 Å². The van der Waals surface area contributed by atoms with E-state index in [0.717, 1.165) is 11.3 Å². The van der Waals surface area contributed by atoms with E-state index in [4.69, 9.17) is 15.2 Å². The second kappa shape index (κ2) is 7.73. The van der Waals surface area contributed by atoms with Gasteiger partial charge in [-0.3, -0.25) is 5.32 Å². The molecule has 2 aliphatic rings. The maximum atomic E-state index is 15.3. The van der Waals surface area contributed by atoms with Crippen molar-refractivity contribution in [1.82, 2.24) is 9.97 Å². The number of pyridine rings is 2. The molecule has 10 heteroatoms. The van der Waals surface area contributed by atoms with Crippen LogP contribution in [0.4, 0.5) is 26.4 Å². The van der Waals surface area contributed by atoms with Gasteiger partial charge in [0.25, 0.3) is 0 Å². The van der Waals surface area contributed by atoms with Gasteiger partial charge in [0.15, 0.2) is 5.82 Å². The smallest absolute Gasteiger partial charge is 0.413 e. The lowest BCUT2D eigenvalue weighted by Crippen LogP contribution is -2.48. The van der Waals surface area contributed by atoms with E-state index in [2.05, 4.69) is 20.6 Å². The van der Waals surface area contributed by atoms with Gasteiger partial charge in [0.2, 0.25) is 5.88 Å². The number of benzene rings is 1. The predicted molar refractivity (Wildman–Crippen MR) is 122 cm³/mol. The minimum absolute atomic E-state index is 0.0403. The summed E-state index contributed by atoms with van der Waals surface area (Å²) in [6.45, 7) is 4.78. The van der Waals surface area contributed by atoms with Crippen LogP contribution in [0, 0.1) is 12.7 Å². The molecule has 33 heavy (non-hydrogen) atoms. The fourth-order valence-electron chi connectivity index (χ4n) is 4.43. The number of nitrogens with zero attached hydrogens (tertiary/aromatic N) is 2. The fraction of sp³-hybridized carbons (Fsp3) is 0.348. The molecule has 1 amide bonds. The number of anilines is 3. The molecular weight excluding hydrogens is 429 g/mol. The van der Waals surface area contributed by atoms with Gasteiger partial charge in [-0.25, -0.2) is 19.2 Å². The Kier molecular flexibility index (Phi) is 4.97. The third kappa shape index (κ3) is 3.76. The number of hydrogen-bond donors (Lipinski definition) is 4. The number of amides is 1. The van der Waals surface area contributed by atoms with Crippen molar-refractivity contribution < 1.29 is 23.8 Å². The van der Waals surface area contributed by atoms with Crippen molar-refractivity contribution in [1.29, 1.82) is 0 Å². The highest BCUT2D eigenvalue weighted by molar-refractivity contribution is 5.99. The standard InChI is InChI=1S/C23H24FN5O4/c1-11-15(9-28-21-20(11)26-3-4-32-21)14-5-12-6-17(27-10-16(12)19(25)18(14)24)29-22(31)33-23(2)7-13(30)8-23/h5-6,9-10,13,26,30H,3-4,7-8,25H2,1-2H3,(H,27,29,31). The Hall–Kier alpha value is -3.66. The number of nitrogen functional groups attached to an aromatic ring is 1. The second-order valence-corrected chi connectivity index (χ2v) is 8.72. The second-order valence-electron chi connectivity index (χ2n) is 8.72. The van der Waals surface area contributed by atoms with E-state index in [9.17, 15) is 9.90 Å². The normalized spacial score (nSPS) is 21.4. The van der Waals surface area contributed by atoms with E-state index < -0.39 is 23.6 Å². The third-order valence-corrected chi connectivity index (χ3v) is 6.14. The molecule has 1 fully saturated rings. The third-order valence-electron chi connectivity index (χ3n) is 6.14. The summed E-state index contributed by atoms with van der Waals surface area (Å²) in [7, 11) is 0. The van der Waals surface area contributed by atoms with Crippen molar-refractivity contribution >= 4 is 34.1 Å². The molecule has 1 aliphatic carbocycles. The Morgan fingerprint density at radius 1 is 1.33 bits per heavy atom. The Morgan fingerprint density at radius 2 is 2.12 bits per heavy atom. The fourth-order valence-corrected chi connectivity index (χ4v) is 4.43. The maximum Gasteiger partial charge on any atom is 0.413 e. The molecule has 3 aromatic rings. The van der Waals surface area contributed by atoms with Gasteiger partial charge in [-0.2, -0.15) is 0 Å². The largest absolute Gasteiger partial charge is 0.474 e. The van der Waals surface area contributed by atoms with Crippen LogP contribution < -0.4 is 21.1 Å². The lowest BCUT2D eigenvalue weighted by Gasteiger charge is -2.41. The highest BCUT2D eigenvalue weighted by Gasteiger charge is 2.43. The van der Waals surface area contributed by atoms with Crippen molar-refractivity contribution in [2.24, 2.45) is 0 Å². The molecule has 2 aromatic heterocycles. The predicted octanol–water partition coefficient (Wildman–Crippen LogP) is 3.59. The first-order chi connectivity index (χ1) is 15.7. The van der Waals surface area contributed by atoms with E-state index >= 15 is 4.39 Å². The van der Waals surface area contributed by atoms with E-state index in [-0.39, 0.29) is 17.1 Å². The Balaban J connectivity index is 1.49. The molecule has 0 atom stereocenters. The summed E-state index contributed by atoms with van der Waals surface area (Å²) < 4.78 is 26.2. The molecule has 0 bridgehead atoms. The number of aliphatic hydroxyl groups excluding tert-OH is 1. The lowest BCUT2D eigenvalue weighted by atomic mass is 9.79. The number of carbonyl (C=O) groups is 1. The SMILES string of the molecule is Cc1c(-c2cc3cc(NC(=O)OC4(C)CC(O)C4)ncc3c(N)c2F)cnc2c1NCCO2. The van der Waals surface area contributed by atoms with Crippen LogP contribution in [0.15, 0.2) is 24.5 Å².